The van der Waals surface area contributed by atoms with E-state index >= 15 is 0 Å². The topological polar surface area (TPSA) is 128 Å². The Morgan fingerprint density at radius 1 is 1.06 bits per heavy atom. The Kier molecular flexibility index (Phi) is 6.11. The first-order valence-corrected chi connectivity index (χ1v) is 9.98. The first-order valence-electron chi connectivity index (χ1n) is 9.98. The molecular weight excluding hydrogens is 408 g/mol. The Bertz CT molecular complexity index is 1250. The molecule has 32 heavy (non-hydrogen) atoms. The fourth-order valence-corrected chi connectivity index (χ4v) is 3.34. The highest BCUT2D eigenvalue weighted by atomic mass is 16.5. The van der Waals surface area contributed by atoms with Crippen LogP contribution in [-0.2, 0) is 0 Å². The number of anilines is 1. The van der Waals surface area contributed by atoms with Crippen molar-refractivity contribution in [1.29, 1.82) is 0 Å². The Hall–Kier alpha value is -4.21. The average molecular weight is 430 g/mol. The van der Waals surface area contributed by atoms with Gasteiger partial charge >= 0.3 is 6.01 Å². The van der Waals surface area contributed by atoms with Gasteiger partial charge in [-0.15, -0.1) is 0 Å². The average Bonchev–Trinajstić information content (AvgIpc) is 2.86. The standard InChI is InChI=1S/C22H22N8O2/c1-13(15-5-4-6-16-19(15)29-12-30-20(16)21(31)23-2)8-24-18-7-17(27-11-28-18)14-9-25-22(32-3)26-10-14/h4-7,9-13H,8H2,1-3H3,(H,23,31)(H,24,27,28). The molecule has 10 heteroatoms. The first kappa shape index (κ1) is 21.0. The molecule has 4 rings (SSSR count). The number of benzene rings is 1. The highest BCUT2D eigenvalue weighted by Crippen LogP contribution is 2.26. The predicted molar refractivity (Wildman–Crippen MR) is 119 cm³/mol. The number of rotatable bonds is 7. The van der Waals surface area contributed by atoms with E-state index in [0.29, 0.717) is 29.8 Å². The second kappa shape index (κ2) is 9.29. The molecule has 0 radical (unpaired) electrons. The van der Waals surface area contributed by atoms with Gasteiger partial charge in [0.15, 0.2) is 0 Å². The minimum atomic E-state index is -0.239. The van der Waals surface area contributed by atoms with E-state index in [2.05, 4.69) is 47.5 Å². The van der Waals surface area contributed by atoms with Crippen LogP contribution in [0.1, 0.15) is 28.9 Å². The van der Waals surface area contributed by atoms with E-state index in [1.165, 1.54) is 19.8 Å². The van der Waals surface area contributed by atoms with Crippen LogP contribution in [0.25, 0.3) is 22.2 Å². The lowest BCUT2D eigenvalue weighted by atomic mass is 9.97. The summed E-state index contributed by atoms with van der Waals surface area (Å²) < 4.78 is 4.99. The molecule has 1 aromatic carbocycles. The van der Waals surface area contributed by atoms with Gasteiger partial charge in [-0.1, -0.05) is 25.1 Å². The van der Waals surface area contributed by atoms with Crippen LogP contribution in [0, 0.1) is 0 Å². The quantitative estimate of drug-likeness (QED) is 0.454. The molecule has 3 aromatic heterocycles. The number of amides is 1. The third-order valence-corrected chi connectivity index (χ3v) is 5.03. The fourth-order valence-electron chi connectivity index (χ4n) is 3.34. The first-order chi connectivity index (χ1) is 15.6. The molecule has 0 saturated heterocycles. The number of hydrogen-bond donors (Lipinski definition) is 2. The zero-order chi connectivity index (χ0) is 22.5. The van der Waals surface area contributed by atoms with E-state index < -0.39 is 0 Å². The molecule has 0 spiro atoms. The zero-order valence-electron chi connectivity index (χ0n) is 17.9. The number of nitrogens with zero attached hydrogens (tertiary/aromatic N) is 6. The lowest BCUT2D eigenvalue weighted by molar-refractivity contribution is 0.0960. The van der Waals surface area contributed by atoms with Crippen LogP contribution in [0.15, 0.2) is 49.3 Å². The maximum Gasteiger partial charge on any atom is 0.316 e. The third kappa shape index (κ3) is 4.29. The molecule has 1 atom stereocenters. The van der Waals surface area contributed by atoms with E-state index in [1.807, 2.05) is 24.3 Å². The summed E-state index contributed by atoms with van der Waals surface area (Å²) in [5.74, 6) is 0.531. The number of carbonyl (C=O) groups is 1. The van der Waals surface area contributed by atoms with E-state index in [4.69, 9.17) is 4.74 Å². The monoisotopic (exact) mass is 430 g/mol. The summed E-state index contributed by atoms with van der Waals surface area (Å²) in [4.78, 5) is 37.6. The molecule has 0 aliphatic heterocycles. The summed E-state index contributed by atoms with van der Waals surface area (Å²) in [6, 6.07) is 7.92. The number of hydrogen-bond acceptors (Lipinski definition) is 9. The molecular formula is C22H22N8O2. The smallest absolute Gasteiger partial charge is 0.316 e. The lowest BCUT2D eigenvalue weighted by Crippen LogP contribution is -2.20. The molecule has 0 aliphatic carbocycles. The molecule has 10 nitrogen and oxygen atoms in total. The van der Waals surface area contributed by atoms with Gasteiger partial charge in [0.2, 0.25) is 0 Å². The van der Waals surface area contributed by atoms with Crippen LogP contribution in [0.3, 0.4) is 0 Å². The molecule has 2 N–H and O–H groups in total. The van der Waals surface area contributed by atoms with Crippen LogP contribution in [0.2, 0.25) is 0 Å². The van der Waals surface area contributed by atoms with Crippen molar-refractivity contribution in [3.05, 3.63) is 60.6 Å². The number of ether oxygens (including phenoxy) is 1. The SMILES string of the molecule is CNC(=O)c1ncnc2c(C(C)CNc3cc(-c4cnc(OC)nc4)ncn3)cccc12. The van der Waals surface area contributed by atoms with Crippen LogP contribution >= 0.6 is 0 Å². The van der Waals surface area contributed by atoms with Crippen molar-refractivity contribution in [3.63, 3.8) is 0 Å². The molecule has 0 fully saturated rings. The molecule has 1 amide bonds. The van der Waals surface area contributed by atoms with Crippen LogP contribution in [0.4, 0.5) is 5.82 Å². The van der Waals surface area contributed by atoms with Crippen molar-refractivity contribution in [2.24, 2.45) is 0 Å². The second-order valence-corrected chi connectivity index (χ2v) is 7.07. The highest BCUT2D eigenvalue weighted by molar-refractivity contribution is 6.04. The molecule has 4 aromatic rings. The minimum Gasteiger partial charge on any atom is -0.467 e. The van der Waals surface area contributed by atoms with E-state index in [-0.39, 0.29) is 11.8 Å². The summed E-state index contributed by atoms with van der Waals surface area (Å²) in [7, 11) is 3.10. The zero-order valence-corrected chi connectivity index (χ0v) is 17.9. The van der Waals surface area contributed by atoms with Gasteiger partial charge in [0.1, 0.15) is 24.2 Å². The number of methoxy groups -OCH3 is 1. The van der Waals surface area contributed by atoms with Gasteiger partial charge in [-0.3, -0.25) is 4.79 Å². The molecule has 162 valence electrons. The predicted octanol–water partition coefficient (Wildman–Crippen LogP) is 2.46. The van der Waals surface area contributed by atoms with Crippen molar-refractivity contribution in [1.82, 2.24) is 35.2 Å². The molecule has 0 aliphatic rings. The van der Waals surface area contributed by atoms with E-state index in [0.717, 1.165) is 22.0 Å². The maximum atomic E-state index is 12.2. The van der Waals surface area contributed by atoms with Crippen molar-refractivity contribution in [3.8, 4) is 17.3 Å². The summed E-state index contributed by atoms with van der Waals surface area (Å²) in [6.07, 6.45) is 6.22. The Labute approximate surface area is 184 Å². The normalized spacial score (nSPS) is 11.7. The minimum absolute atomic E-state index is 0.0915. The largest absolute Gasteiger partial charge is 0.467 e. The van der Waals surface area contributed by atoms with E-state index in [9.17, 15) is 4.79 Å². The van der Waals surface area contributed by atoms with Crippen molar-refractivity contribution in [2.75, 3.05) is 26.0 Å². The highest BCUT2D eigenvalue weighted by Gasteiger charge is 2.16. The van der Waals surface area contributed by atoms with Crippen LogP contribution < -0.4 is 15.4 Å². The van der Waals surface area contributed by atoms with Gasteiger partial charge in [0.25, 0.3) is 5.91 Å². The summed E-state index contributed by atoms with van der Waals surface area (Å²) in [6.45, 7) is 2.69. The van der Waals surface area contributed by atoms with Gasteiger partial charge < -0.3 is 15.4 Å². The maximum absolute atomic E-state index is 12.2. The van der Waals surface area contributed by atoms with Crippen LogP contribution in [-0.4, -0.2) is 56.5 Å². The van der Waals surface area contributed by atoms with Gasteiger partial charge in [0.05, 0.1) is 18.3 Å². The Morgan fingerprint density at radius 2 is 1.84 bits per heavy atom. The number of aromatic nitrogens is 6. The number of nitrogens with one attached hydrogen (secondary N) is 2. The molecule has 0 bridgehead atoms. The number of carbonyl (C=O) groups excluding carboxylic acids is 1. The van der Waals surface area contributed by atoms with E-state index in [1.54, 1.807) is 19.4 Å². The fraction of sp³-hybridized carbons (Fsp3) is 0.227. The summed E-state index contributed by atoms with van der Waals surface area (Å²) >= 11 is 0. The lowest BCUT2D eigenvalue weighted by Gasteiger charge is -2.16. The molecule has 0 saturated carbocycles. The Balaban J connectivity index is 1.53. The number of para-hydroxylation sites is 1. The van der Waals surface area contributed by atoms with Gasteiger partial charge in [0, 0.05) is 48.9 Å². The van der Waals surface area contributed by atoms with Gasteiger partial charge in [-0.05, 0) is 5.56 Å². The third-order valence-electron chi connectivity index (χ3n) is 5.03. The summed E-state index contributed by atoms with van der Waals surface area (Å²) in [5, 5.41) is 6.69. The van der Waals surface area contributed by atoms with Crippen molar-refractivity contribution >= 4 is 22.6 Å². The number of fused-ring (bicyclic) bond motifs is 1. The van der Waals surface area contributed by atoms with Gasteiger partial charge in [-0.25, -0.2) is 29.9 Å². The second-order valence-electron chi connectivity index (χ2n) is 7.07. The van der Waals surface area contributed by atoms with Crippen molar-refractivity contribution in [2.45, 2.75) is 12.8 Å². The Morgan fingerprint density at radius 3 is 2.59 bits per heavy atom. The van der Waals surface area contributed by atoms with Crippen LogP contribution in [0.5, 0.6) is 6.01 Å². The molecule has 1 unspecified atom stereocenters. The van der Waals surface area contributed by atoms with Crippen molar-refractivity contribution < 1.29 is 9.53 Å². The van der Waals surface area contributed by atoms with Gasteiger partial charge in [-0.2, -0.15) is 0 Å². The molecule has 3 heterocycles. The summed E-state index contributed by atoms with van der Waals surface area (Å²) in [5.41, 5.74) is 3.60.